The molecule has 0 aliphatic rings. The molecule has 0 radical (unpaired) electrons. The number of aryl methyl sites for hydroxylation is 1. The third-order valence-electron chi connectivity index (χ3n) is 4.93. The summed E-state index contributed by atoms with van der Waals surface area (Å²) in [6.07, 6.45) is 0.511. The molecular formula is C26H22FN3O5S. The van der Waals surface area contributed by atoms with Crippen molar-refractivity contribution in [2.75, 3.05) is 10.0 Å². The predicted molar refractivity (Wildman–Crippen MR) is 133 cm³/mol. The number of hydrogen-bond donors (Lipinski definition) is 2. The number of nitrogens with one attached hydrogen (secondary N) is 2. The van der Waals surface area contributed by atoms with E-state index in [1.165, 1.54) is 42.6 Å². The van der Waals surface area contributed by atoms with Crippen molar-refractivity contribution in [1.29, 1.82) is 0 Å². The summed E-state index contributed by atoms with van der Waals surface area (Å²) in [5, 5.41) is 2.35. The number of aromatic nitrogens is 1. The van der Waals surface area contributed by atoms with Crippen LogP contribution in [0.2, 0.25) is 0 Å². The van der Waals surface area contributed by atoms with Gasteiger partial charge in [0, 0.05) is 6.07 Å². The highest BCUT2D eigenvalue weighted by atomic mass is 32.2. The van der Waals surface area contributed by atoms with Crippen molar-refractivity contribution in [1.82, 2.24) is 4.98 Å². The maximum absolute atomic E-state index is 14.5. The number of ether oxygens (including phenoxy) is 2. The average molecular weight is 508 g/mol. The topological polar surface area (TPSA) is 107 Å². The minimum Gasteiger partial charge on any atom is -0.456 e. The van der Waals surface area contributed by atoms with Gasteiger partial charge in [0.25, 0.3) is 10.0 Å². The lowest BCUT2D eigenvalue weighted by Gasteiger charge is -2.11. The normalized spacial score (nSPS) is 10.9. The van der Waals surface area contributed by atoms with Gasteiger partial charge in [0.2, 0.25) is 0 Å². The highest BCUT2D eigenvalue weighted by Gasteiger charge is 2.15. The molecule has 1 aromatic heterocycles. The van der Waals surface area contributed by atoms with Crippen molar-refractivity contribution in [2.24, 2.45) is 0 Å². The Morgan fingerprint density at radius 3 is 2.33 bits per heavy atom. The van der Waals surface area contributed by atoms with Gasteiger partial charge in [0.05, 0.1) is 16.8 Å². The van der Waals surface area contributed by atoms with Crippen LogP contribution in [0.25, 0.3) is 0 Å². The molecule has 3 aromatic carbocycles. The summed E-state index contributed by atoms with van der Waals surface area (Å²) in [7, 11) is -3.79. The summed E-state index contributed by atoms with van der Waals surface area (Å²) >= 11 is 0. The standard InChI is InChI=1S/C26H22FN3O5S/c1-18-7-11-22(12-8-18)36(32,33)30-25-14-10-21(16-28-25)35-20-9-13-24(23(27)15-20)29-26(31)34-17-19-5-3-2-4-6-19/h2-16H,17H2,1H3,(H,28,30)(H,29,31). The zero-order valence-electron chi connectivity index (χ0n) is 19.1. The van der Waals surface area contributed by atoms with Gasteiger partial charge in [0.1, 0.15) is 23.9 Å². The number of rotatable bonds is 8. The highest BCUT2D eigenvalue weighted by molar-refractivity contribution is 7.92. The van der Waals surface area contributed by atoms with Crippen molar-refractivity contribution in [2.45, 2.75) is 18.4 Å². The number of carbonyl (C=O) groups excluding carboxylic acids is 1. The molecule has 36 heavy (non-hydrogen) atoms. The smallest absolute Gasteiger partial charge is 0.412 e. The molecule has 0 aliphatic heterocycles. The Morgan fingerprint density at radius 1 is 0.944 bits per heavy atom. The van der Waals surface area contributed by atoms with E-state index in [-0.39, 0.29) is 34.5 Å². The summed E-state index contributed by atoms with van der Waals surface area (Å²) in [5.41, 5.74) is 1.68. The maximum Gasteiger partial charge on any atom is 0.412 e. The Kier molecular flexibility index (Phi) is 7.45. The van der Waals surface area contributed by atoms with Crippen LogP contribution in [0.1, 0.15) is 11.1 Å². The van der Waals surface area contributed by atoms with Crippen LogP contribution in [-0.4, -0.2) is 19.5 Å². The minimum absolute atomic E-state index is 0.0552. The van der Waals surface area contributed by atoms with Gasteiger partial charge in [-0.1, -0.05) is 48.0 Å². The number of halogens is 1. The number of benzene rings is 3. The fraction of sp³-hybridized carbons (Fsp3) is 0.0769. The van der Waals surface area contributed by atoms with Gasteiger partial charge < -0.3 is 9.47 Å². The number of sulfonamides is 1. The Hall–Kier alpha value is -4.44. The Bertz CT molecular complexity index is 1450. The van der Waals surface area contributed by atoms with E-state index in [0.29, 0.717) is 0 Å². The van der Waals surface area contributed by atoms with E-state index in [2.05, 4.69) is 15.0 Å². The summed E-state index contributed by atoms with van der Waals surface area (Å²) in [6, 6.07) is 22.3. The third-order valence-corrected chi connectivity index (χ3v) is 6.30. The fourth-order valence-electron chi connectivity index (χ4n) is 3.08. The molecule has 1 amide bonds. The molecule has 1 heterocycles. The molecule has 0 fully saturated rings. The number of anilines is 2. The van der Waals surface area contributed by atoms with Gasteiger partial charge in [0.15, 0.2) is 5.82 Å². The van der Waals surface area contributed by atoms with Crippen molar-refractivity contribution < 1.29 is 27.1 Å². The monoisotopic (exact) mass is 507 g/mol. The Labute approximate surface area is 207 Å². The van der Waals surface area contributed by atoms with Crippen LogP contribution in [-0.2, 0) is 21.4 Å². The minimum atomic E-state index is -3.79. The number of hydrogen-bond acceptors (Lipinski definition) is 6. The Morgan fingerprint density at radius 2 is 1.67 bits per heavy atom. The van der Waals surface area contributed by atoms with E-state index in [1.54, 1.807) is 24.3 Å². The van der Waals surface area contributed by atoms with E-state index >= 15 is 0 Å². The summed E-state index contributed by atoms with van der Waals surface area (Å²) < 4.78 is 52.5. The second-order valence-corrected chi connectivity index (χ2v) is 9.41. The first-order chi connectivity index (χ1) is 17.3. The van der Waals surface area contributed by atoms with E-state index < -0.39 is 21.9 Å². The van der Waals surface area contributed by atoms with Crippen molar-refractivity contribution >= 4 is 27.6 Å². The molecule has 4 rings (SSSR count). The maximum atomic E-state index is 14.5. The molecule has 8 nitrogen and oxygen atoms in total. The lowest BCUT2D eigenvalue weighted by molar-refractivity contribution is 0.155. The molecule has 0 saturated carbocycles. The Balaban J connectivity index is 1.34. The molecule has 0 atom stereocenters. The molecule has 4 aromatic rings. The van der Waals surface area contributed by atoms with Crippen LogP contribution in [0.3, 0.4) is 0 Å². The molecular weight excluding hydrogens is 485 g/mol. The molecule has 2 N–H and O–H groups in total. The van der Waals surface area contributed by atoms with E-state index in [1.807, 2.05) is 25.1 Å². The molecule has 184 valence electrons. The molecule has 0 bridgehead atoms. The van der Waals surface area contributed by atoms with Gasteiger partial charge in [-0.25, -0.2) is 22.6 Å². The van der Waals surface area contributed by atoms with Crippen LogP contribution in [0.4, 0.5) is 20.7 Å². The quantitative estimate of drug-likeness (QED) is 0.309. The van der Waals surface area contributed by atoms with Crippen LogP contribution in [0.15, 0.2) is 96.0 Å². The summed E-state index contributed by atoms with van der Waals surface area (Å²) in [4.78, 5) is 16.1. The second-order valence-electron chi connectivity index (χ2n) is 7.73. The van der Waals surface area contributed by atoms with Gasteiger partial charge in [-0.15, -0.1) is 0 Å². The SMILES string of the molecule is Cc1ccc(S(=O)(=O)Nc2ccc(Oc3ccc(NC(=O)OCc4ccccc4)c(F)c3)cn2)cc1. The van der Waals surface area contributed by atoms with Crippen molar-refractivity contribution in [3.8, 4) is 11.5 Å². The van der Waals surface area contributed by atoms with Gasteiger partial charge in [-0.3, -0.25) is 10.0 Å². The van der Waals surface area contributed by atoms with Crippen LogP contribution < -0.4 is 14.8 Å². The number of pyridine rings is 1. The first-order valence-corrected chi connectivity index (χ1v) is 12.3. The van der Waals surface area contributed by atoms with Gasteiger partial charge in [-0.05, 0) is 48.9 Å². The van der Waals surface area contributed by atoms with E-state index in [9.17, 15) is 17.6 Å². The van der Waals surface area contributed by atoms with Crippen molar-refractivity contribution in [3.05, 3.63) is 108 Å². The van der Waals surface area contributed by atoms with Crippen LogP contribution in [0, 0.1) is 12.7 Å². The molecule has 0 saturated heterocycles. The fourth-order valence-corrected chi connectivity index (χ4v) is 4.09. The zero-order chi connectivity index (χ0) is 25.5. The third kappa shape index (κ3) is 6.57. The lowest BCUT2D eigenvalue weighted by atomic mass is 10.2. The first kappa shape index (κ1) is 24.7. The highest BCUT2D eigenvalue weighted by Crippen LogP contribution is 2.26. The number of amides is 1. The van der Waals surface area contributed by atoms with E-state index in [0.717, 1.165) is 17.2 Å². The predicted octanol–water partition coefficient (Wildman–Crippen LogP) is 5.87. The van der Waals surface area contributed by atoms with Crippen LogP contribution >= 0.6 is 0 Å². The summed E-state index contributed by atoms with van der Waals surface area (Å²) in [6.45, 7) is 1.92. The molecule has 0 aliphatic carbocycles. The summed E-state index contributed by atoms with van der Waals surface area (Å²) in [5.74, 6) is -0.205. The van der Waals surface area contributed by atoms with Crippen LogP contribution in [0.5, 0.6) is 11.5 Å². The second kappa shape index (κ2) is 10.9. The molecule has 10 heteroatoms. The van der Waals surface area contributed by atoms with Gasteiger partial charge >= 0.3 is 6.09 Å². The largest absolute Gasteiger partial charge is 0.456 e. The van der Waals surface area contributed by atoms with Crippen molar-refractivity contribution in [3.63, 3.8) is 0 Å². The average Bonchev–Trinajstić information content (AvgIpc) is 2.86. The van der Waals surface area contributed by atoms with Gasteiger partial charge in [-0.2, -0.15) is 0 Å². The molecule has 0 unspecified atom stereocenters. The number of nitrogens with zero attached hydrogens (tertiary/aromatic N) is 1. The zero-order valence-corrected chi connectivity index (χ0v) is 20.0. The molecule has 0 spiro atoms. The number of carbonyl (C=O) groups is 1. The first-order valence-electron chi connectivity index (χ1n) is 10.8. The lowest BCUT2D eigenvalue weighted by Crippen LogP contribution is -2.14. The van der Waals surface area contributed by atoms with E-state index in [4.69, 9.17) is 9.47 Å².